The van der Waals surface area contributed by atoms with Gasteiger partial charge in [0.15, 0.2) is 5.52 Å². The van der Waals surface area contributed by atoms with Gasteiger partial charge in [-0.25, -0.2) is 4.39 Å². The fourth-order valence-electron chi connectivity index (χ4n) is 3.45. The SMILES string of the molecule is Cc1ccc2c(ccc3c[n+]4c5ccc(F)cc5ccc4n32)c1. The first-order valence-corrected chi connectivity index (χ1v) is 7.65. The van der Waals surface area contributed by atoms with Gasteiger partial charge in [-0.2, -0.15) is 8.80 Å². The highest BCUT2D eigenvalue weighted by molar-refractivity contribution is 5.86. The number of aryl methyl sites for hydroxylation is 1. The van der Waals surface area contributed by atoms with Gasteiger partial charge < -0.3 is 0 Å². The topological polar surface area (TPSA) is 8.51 Å². The molecule has 0 aliphatic heterocycles. The lowest BCUT2D eigenvalue weighted by molar-refractivity contribution is -0.479. The van der Waals surface area contributed by atoms with Crippen LogP contribution in [0.5, 0.6) is 0 Å². The van der Waals surface area contributed by atoms with Gasteiger partial charge in [-0.1, -0.05) is 11.6 Å². The molecular weight excluding hydrogens is 287 g/mol. The Labute approximate surface area is 132 Å². The number of rotatable bonds is 0. The highest BCUT2D eigenvalue weighted by Gasteiger charge is 2.16. The molecule has 2 nitrogen and oxygen atoms in total. The lowest BCUT2D eigenvalue weighted by Gasteiger charge is -2.00. The van der Waals surface area contributed by atoms with Gasteiger partial charge in [0, 0.05) is 16.8 Å². The van der Waals surface area contributed by atoms with Gasteiger partial charge in [-0.3, -0.25) is 0 Å². The Morgan fingerprint density at radius 2 is 1.74 bits per heavy atom. The van der Waals surface area contributed by atoms with Crippen LogP contribution >= 0.6 is 0 Å². The predicted octanol–water partition coefficient (Wildman–Crippen LogP) is 4.43. The minimum Gasteiger partial charge on any atom is -0.207 e. The second-order valence-electron chi connectivity index (χ2n) is 6.05. The summed E-state index contributed by atoms with van der Waals surface area (Å²) in [5.74, 6) is -0.206. The quantitative estimate of drug-likeness (QED) is 0.374. The van der Waals surface area contributed by atoms with Crippen LogP contribution in [0.1, 0.15) is 5.56 Å². The van der Waals surface area contributed by atoms with Crippen molar-refractivity contribution >= 4 is 33.0 Å². The Kier molecular flexibility index (Phi) is 2.35. The zero-order valence-electron chi connectivity index (χ0n) is 12.6. The van der Waals surface area contributed by atoms with E-state index >= 15 is 0 Å². The highest BCUT2D eigenvalue weighted by atomic mass is 19.1. The summed E-state index contributed by atoms with van der Waals surface area (Å²) in [6.45, 7) is 2.11. The summed E-state index contributed by atoms with van der Waals surface area (Å²) in [5, 5.41) is 2.12. The van der Waals surface area contributed by atoms with E-state index < -0.39 is 0 Å². The Balaban J connectivity index is 2.03. The third-order valence-electron chi connectivity index (χ3n) is 4.51. The Morgan fingerprint density at radius 1 is 0.870 bits per heavy atom. The van der Waals surface area contributed by atoms with Crippen LogP contribution in [0.25, 0.3) is 33.0 Å². The lowest BCUT2D eigenvalue weighted by Crippen LogP contribution is -2.19. The van der Waals surface area contributed by atoms with E-state index in [2.05, 4.69) is 52.3 Å². The largest absolute Gasteiger partial charge is 0.292 e. The molecule has 0 saturated heterocycles. The monoisotopic (exact) mass is 301 g/mol. The van der Waals surface area contributed by atoms with Crippen LogP contribution in [0.2, 0.25) is 0 Å². The van der Waals surface area contributed by atoms with Gasteiger partial charge in [0.1, 0.15) is 23.0 Å². The number of imidazole rings is 1. The van der Waals surface area contributed by atoms with Crippen LogP contribution in [0.3, 0.4) is 0 Å². The van der Waals surface area contributed by atoms with Crippen LogP contribution in [0, 0.1) is 12.7 Å². The zero-order valence-corrected chi connectivity index (χ0v) is 12.6. The summed E-state index contributed by atoms with van der Waals surface area (Å²) in [6.07, 6.45) is 2.11. The first-order valence-electron chi connectivity index (χ1n) is 7.65. The van der Waals surface area contributed by atoms with Gasteiger partial charge >= 0.3 is 0 Å². The van der Waals surface area contributed by atoms with Gasteiger partial charge in [0.2, 0.25) is 0 Å². The molecule has 0 radical (unpaired) electrons. The average Bonchev–Trinajstić information content (AvgIpc) is 2.93. The second kappa shape index (κ2) is 4.29. The maximum Gasteiger partial charge on any atom is 0.292 e. The van der Waals surface area contributed by atoms with Crippen molar-refractivity contribution in [3.63, 3.8) is 0 Å². The third kappa shape index (κ3) is 1.70. The van der Waals surface area contributed by atoms with E-state index in [9.17, 15) is 4.39 Å². The number of hydrogen-bond donors (Lipinski definition) is 0. The molecule has 0 aliphatic rings. The van der Waals surface area contributed by atoms with E-state index in [0.717, 1.165) is 22.1 Å². The van der Waals surface area contributed by atoms with Crippen molar-refractivity contribution < 1.29 is 8.79 Å². The molecule has 3 aromatic heterocycles. The summed E-state index contributed by atoms with van der Waals surface area (Å²) in [7, 11) is 0. The second-order valence-corrected chi connectivity index (χ2v) is 6.05. The molecule has 5 aromatic rings. The minimum atomic E-state index is -0.206. The van der Waals surface area contributed by atoms with E-state index in [-0.39, 0.29) is 5.82 Å². The molecule has 5 rings (SSSR count). The van der Waals surface area contributed by atoms with E-state index in [1.54, 1.807) is 6.07 Å². The molecule has 3 heterocycles. The van der Waals surface area contributed by atoms with Crippen LogP contribution < -0.4 is 4.40 Å². The Hall–Kier alpha value is -2.94. The number of fused-ring (bicyclic) bond motifs is 7. The van der Waals surface area contributed by atoms with E-state index in [0.29, 0.717) is 0 Å². The van der Waals surface area contributed by atoms with Crippen molar-refractivity contribution in [3.8, 4) is 0 Å². The summed E-state index contributed by atoms with van der Waals surface area (Å²) in [5.41, 5.74) is 5.64. The highest BCUT2D eigenvalue weighted by Crippen LogP contribution is 2.22. The number of hydrogen-bond acceptors (Lipinski definition) is 0. The van der Waals surface area contributed by atoms with Crippen molar-refractivity contribution in [3.05, 3.63) is 78.2 Å². The van der Waals surface area contributed by atoms with Crippen molar-refractivity contribution in [2.75, 3.05) is 0 Å². The van der Waals surface area contributed by atoms with Gasteiger partial charge in [-0.05, 0) is 55.5 Å². The molecule has 0 saturated carbocycles. The number of benzene rings is 2. The molecule has 0 amide bonds. The molecule has 3 heteroatoms. The van der Waals surface area contributed by atoms with E-state index in [1.807, 2.05) is 18.2 Å². The van der Waals surface area contributed by atoms with Crippen molar-refractivity contribution in [2.45, 2.75) is 6.92 Å². The van der Waals surface area contributed by atoms with Crippen LogP contribution in [0.15, 0.2) is 66.9 Å². The molecule has 0 atom stereocenters. The minimum absolute atomic E-state index is 0.206. The fraction of sp³-hybridized carbons (Fsp3) is 0.0500. The standard InChI is InChI=1S/C20H14FN2/c1-13-2-7-19-14(10-13)3-6-17-12-22-18-8-5-16(21)11-15(18)4-9-20(22)23(17)19/h2-12H,1H3/q+1. The molecule has 0 fully saturated rings. The maximum absolute atomic E-state index is 13.5. The summed E-state index contributed by atoms with van der Waals surface area (Å²) < 4.78 is 17.8. The molecule has 110 valence electrons. The molecule has 2 aromatic carbocycles. The van der Waals surface area contributed by atoms with Gasteiger partial charge in [-0.15, -0.1) is 0 Å². The molecule has 0 N–H and O–H groups in total. The average molecular weight is 301 g/mol. The lowest BCUT2D eigenvalue weighted by atomic mass is 10.1. The maximum atomic E-state index is 13.5. The van der Waals surface area contributed by atoms with Crippen molar-refractivity contribution in [2.24, 2.45) is 0 Å². The molecule has 0 unspecified atom stereocenters. The predicted molar refractivity (Wildman–Crippen MR) is 90.3 cm³/mol. The number of nitrogens with zero attached hydrogens (tertiary/aromatic N) is 2. The van der Waals surface area contributed by atoms with Gasteiger partial charge in [0.25, 0.3) is 5.65 Å². The normalized spacial score (nSPS) is 11.9. The zero-order chi connectivity index (χ0) is 15.6. The van der Waals surface area contributed by atoms with Crippen molar-refractivity contribution in [1.29, 1.82) is 0 Å². The van der Waals surface area contributed by atoms with Crippen LogP contribution in [0.4, 0.5) is 4.39 Å². The molecule has 0 aliphatic carbocycles. The number of aromatic nitrogens is 2. The Morgan fingerprint density at radius 3 is 2.65 bits per heavy atom. The van der Waals surface area contributed by atoms with E-state index in [1.165, 1.54) is 22.5 Å². The molecule has 23 heavy (non-hydrogen) atoms. The summed E-state index contributed by atoms with van der Waals surface area (Å²) in [4.78, 5) is 0. The van der Waals surface area contributed by atoms with Crippen LogP contribution in [-0.4, -0.2) is 4.40 Å². The first kappa shape index (κ1) is 12.6. The summed E-state index contributed by atoms with van der Waals surface area (Å²) in [6, 6.07) is 19.7. The third-order valence-corrected chi connectivity index (χ3v) is 4.51. The fourth-order valence-corrected chi connectivity index (χ4v) is 3.45. The summed E-state index contributed by atoms with van der Waals surface area (Å²) >= 11 is 0. The molecule has 0 spiro atoms. The van der Waals surface area contributed by atoms with Gasteiger partial charge in [0.05, 0.1) is 0 Å². The van der Waals surface area contributed by atoms with E-state index in [4.69, 9.17) is 0 Å². The Bertz CT molecular complexity index is 1230. The number of halogens is 1. The van der Waals surface area contributed by atoms with Crippen LogP contribution in [-0.2, 0) is 0 Å². The number of pyridine rings is 2. The smallest absolute Gasteiger partial charge is 0.207 e. The van der Waals surface area contributed by atoms with Crippen molar-refractivity contribution in [1.82, 2.24) is 4.40 Å². The molecular formula is C20H14FN2+. The first-order chi connectivity index (χ1) is 11.2. The molecule has 0 bridgehead atoms.